The van der Waals surface area contributed by atoms with Crippen LogP contribution < -0.4 is 9.47 Å². The van der Waals surface area contributed by atoms with Gasteiger partial charge in [0.05, 0.1) is 32.3 Å². The summed E-state index contributed by atoms with van der Waals surface area (Å²) in [6.07, 6.45) is -1.30. The van der Waals surface area contributed by atoms with Gasteiger partial charge in [-0.05, 0) is 35.4 Å². The van der Waals surface area contributed by atoms with E-state index in [1.165, 1.54) is 0 Å². The predicted molar refractivity (Wildman–Crippen MR) is 175 cm³/mol. The molecule has 0 aromatic heterocycles. The Bertz CT molecular complexity index is 1480. The van der Waals surface area contributed by atoms with Crippen molar-refractivity contribution in [3.63, 3.8) is 0 Å². The summed E-state index contributed by atoms with van der Waals surface area (Å²) in [7, 11) is 0. The zero-order valence-electron chi connectivity index (χ0n) is 27.9. The average Bonchev–Trinajstić information content (AvgIpc) is 3.87. The first kappa shape index (κ1) is 39.2. The van der Waals surface area contributed by atoms with Crippen LogP contribution in [0, 0.1) is 0 Å². The molecule has 0 amide bonds. The van der Waals surface area contributed by atoms with E-state index in [2.05, 4.69) is 13.2 Å². The van der Waals surface area contributed by atoms with Crippen molar-refractivity contribution in [3.8, 4) is 11.5 Å². The molecule has 0 aliphatic carbocycles. The second kappa shape index (κ2) is 19.1. The van der Waals surface area contributed by atoms with Crippen molar-refractivity contribution in [1.29, 1.82) is 0 Å². The standard InChI is InChI=1S/C36H42O14/c1-5-29-35(50-29)47-22-28(49-34(43)18-16-31(39)40)20-45-26-13-9-24(10-14-26)36(3,4)23-7-11-25(12-8-23)44-19-27(21-46-32(41)6-2)48-33(42)17-15-30(37)38/h5-14,27-29,35H,1-2,15-22H2,3-4H3,(H,37,38)(H,39,40). The van der Waals surface area contributed by atoms with E-state index in [1.54, 1.807) is 30.3 Å². The number of hydrogen-bond donors (Lipinski definition) is 2. The molecule has 4 unspecified atom stereocenters. The summed E-state index contributed by atoms with van der Waals surface area (Å²) < 4.78 is 38.2. The van der Waals surface area contributed by atoms with Gasteiger partial charge in [-0.1, -0.05) is 50.8 Å². The second-order valence-corrected chi connectivity index (χ2v) is 11.7. The zero-order chi connectivity index (χ0) is 36.7. The maximum absolute atomic E-state index is 12.2. The predicted octanol–water partition coefficient (Wildman–Crippen LogP) is 3.98. The number of rotatable bonds is 23. The number of carboxylic acids is 2. The molecule has 4 atom stereocenters. The van der Waals surface area contributed by atoms with Gasteiger partial charge in [0.25, 0.3) is 0 Å². The van der Waals surface area contributed by atoms with E-state index < -0.39 is 60.2 Å². The second-order valence-electron chi connectivity index (χ2n) is 11.7. The number of epoxide rings is 1. The Morgan fingerprint density at radius 2 is 1.20 bits per heavy atom. The third-order valence-corrected chi connectivity index (χ3v) is 7.45. The Labute approximate surface area is 289 Å². The fourth-order valence-electron chi connectivity index (χ4n) is 4.47. The van der Waals surface area contributed by atoms with Crippen LogP contribution in [-0.4, -0.2) is 91.1 Å². The average molecular weight is 699 g/mol. The van der Waals surface area contributed by atoms with Gasteiger partial charge < -0.3 is 43.4 Å². The summed E-state index contributed by atoms with van der Waals surface area (Å²) in [5.41, 5.74) is 1.48. The van der Waals surface area contributed by atoms with Gasteiger partial charge in [-0.15, -0.1) is 6.58 Å². The molecule has 1 fully saturated rings. The van der Waals surface area contributed by atoms with E-state index in [-0.39, 0.29) is 51.8 Å². The molecule has 2 N–H and O–H groups in total. The van der Waals surface area contributed by atoms with Gasteiger partial charge in [0.2, 0.25) is 0 Å². The van der Waals surface area contributed by atoms with Crippen molar-refractivity contribution >= 4 is 29.8 Å². The van der Waals surface area contributed by atoms with E-state index in [0.717, 1.165) is 17.2 Å². The highest BCUT2D eigenvalue weighted by molar-refractivity contribution is 5.81. The van der Waals surface area contributed by atoms with Crippen LogP contribution in [0.15, 0.2) is 73.8 Å². The third kappa shape index (κ3) is 13.4. The largest absolute Gasteiger partial charge is 0.490 e. The maximum Gasteiger partial charge on any atom is 0.330 e. The quantitative estimate of drug-likeness (QED) is 0.0556. The minimum Gasteiger partial charge on any atom is -0.490 e. The van der Waals surface area contributed by atoms with Crippen LogP contribution in [0.1, 0.15) is 50.7 Å². The zero-order valence-corrected chi connectivity index (χ0v) is 27.9. The lowest BCUT2D eigenvalue weighted by Crippen LogP contribution is -2.31. The van der Waals surface area contributed by atoms with E-state index >= 15 is 0 Å². The molecule has 0 saturated carbocycles. The number of esters is 3. The molecule has 14 nitrogen and oxygen atoms in total. The third-order valence-electron chi connectivity index (χ3n) is 7.45. The van der Waals surface area contributed by atoms with Crippen LogP contribution in [0.5, 0.6) is 11.5 Å². The molecular formula is C36H42O14. The van der Waals surface area contributed by atoms with Crippen molar-refractivity contribution < 1.29 is 67.3 Å². The lowest BCUT2D eigenvalue weighted by Gasteiger charge is -2.27. The molecular weight excluding hydrogens is 656 g/mol. The Morgan fingerprint density at radius 1 is 0.740 bits per heavy atom. The lowest BCUT2D eigenvalue weighted by molar-refractivity contribution is -0.159. The van der Waals surface area contributed by atoms with Crippen LogP contribution in [0.3, 0.4) is 0 Å². The molecule has 50 heavy (non-hydrogen) atoms. The van der Waals surface area contributed by atoms with Crippen molar-refractivity contribution in [2.24, 2.45) is 0 Å². The number of benzene rings is 2. The van der Waals surface area contributed by atoms with Crippen molar-refractivity contribution in [3.05, 3.63) is 85.0 Å². The van der Waals surface area contributed by atoms with Crippen LogP contribution >= 0.6 is 0 Å². The molecule has 1 aliphatic heterocycles. The van der Waals surface area contributed by atoms with Crippen LogP contribution in [0.25, 0.3) is 0 Å². The Hall–Kier alpha value is -5.21. The van der Waals surface area contributed by atoms with Crippen molar-refractivity contribution in [1.82, 2.24) is 0 Å². The van der Waals surface area contributed by atoms with Crippen molar-refractivity contribution in [2.45, 2.75) is 69.5 Å². The van der Waals surface area contributed by atoms with Gasteiger partial charge >= 0.3 is 29.8 Å². The smallest absolute Gasteiger partial charge is 0.330 e. The summed E-state index contributed by atoms with van der Waals surface area (Å²) in [5, 5.41) is 17.7. The molecule has 3 rings (SSSR count). The maximum atomic E-state index is 12.2. The molecule has 14 heteroatoms. The number of carbonyl (C=O) groups is 5. The molecule has 2 aromatic rings. The minimum absolute atomic E-state index is 0.0139. The lowest BCUT2D eigenvalue weighted by atomic mass is 9.78. The Balaban J connectivity index is 1.58. The summed E-state index contributed by atoms with van der Waals surface area (Å²) in [4.78, 5) is 57.3. The molecule has 1 aliphatic rings. The summed E-state index contributed by atoms with van der Waals surface area (Å²) in [5.74, 6) is -3.42. The van der Waals surface area contributed by atoms with Gasteiger partial charge in [0.1, 0.15) is 37.4 Å². The fourth-order valence-corrected chi connectivity index (χ4v) is 4.47. The van der Waals surface area contributed by atoms with Gasteiger partial charge in [-0.3, -0.25) is 19.2 Å². The van der Waals surface area contributed by atoms with Crippen LogP contribution in [-0.2, 0) is 53.1 Å². The number of ether oxygens (including phenoxy) is 7. The summed E-state index contributed by atoms with van der Waals surface area (Å²) >= 11 is 0. The highest BCUT2D eigenvalue weighted by Gasteiger charge is 2.38. The minimum atomic E-state index is -1.14. The molecule has 1 heterocycles. The topological polar surface area (TPSA) is 194 Å². The molecule has 2 aromatic carbocycles. The fraction of sp³-hybridized carbons (Fsp3) is 0.417. The van der Waals surface area contributed by atoms with E-state index in [9.17, 15) is 24.0 Å². The Morgan fingerprint density at radius 3 is 1.60 bits per heavy atom. The molecule has 270 valence electrons. The molecule has 0 radical (unpaired) electrons. The summed E-state index contributed by atoms with van der Waals surface area (Å²) in [6.45, 7) is 10.5. The van der Waals surface area contributed by atoms with Gasteiger partial charge in [0, 0.05) is 11.5 Å². The first-order valence-corrected chi connectivity index (χ1v) is 15.8. The SMILES string of the molecule is C=CC(=O)OCC(COc1ccc(C(C)(C)c2ccc(OCC(COC3OC3C=C)OC(=O)CCC(=O)O)cc2)cc1)OC(=O)CCC(=O)O. The van der Waals surface area contributed by atoms with Crippen molar-refractivity contribution in [2.75, 3.05) is 26.4 Å². The molecule has 0 spiro atoms. The van der Waals surface area contributed by atoms with E-state index in [4.69, 9.17) is 43.4 Å². The first-order valence-electron chi connectivity index (χ1n) is 15.8. The van der Waals surface area contributed by atoms with Crippen LogP contribution in [0.2, 0.25) is 0 Å². The van der Waals surface area contributed by atoms with Gasteiger partial charge in [-0.2, -0.15) is 0 Å². The van der Waals surface area contributed by atoms with E-state index in [1.807, 2.05) is 38.1 Å². The number of carboxylic acid groups (broad SMARTS) is 2. The normalized spacial score (nSPS) is 16.2. The first-order chi connectivity index (χ1) is 23.8. The number of hydrogen-bond acceptors (Lipinski definition) is 12. The summed E-state index contributed by atoms with van der Waals surface area (Å²) in [6, 6.07) is 14.6. The van der Waals surface area contributed by atoms with E-state index in [0.29, 0.717) is 11.5 Å². The van der Waals surface area contributed by atoms with Gasteiger partial charge in [-0.25, -0.2) is 4.79 Å². The van der Waals surface area contributed by atoms with Gasteiger partial charge in [0.15, 0.2) is 18.5 Å². The monoisotopic (exact) mass is 698 g/mol. The van der Waals surface area contributed by atoms with Crippen LogP contribution in [0.4, 0.5) is 0 Å². The number of aliphatic carboxylic acids is 2. The molecule has 0 bridgehead atoms. The molecule has 1 saturated heterocycles. The Kier molecular flexibility index (Phi) is 15.0. The number of carbonyl (C=O) groups excluding carboxylic acids is 3. The highest BCUT2D eigenvalue weighted by atomic mass is 16.8. The highest BCUT2D eigenvalue weighted by Crippen LogP contribution is 2.33.